The fraction of sp³-hybridized carbons (Fsp3) is 0.636. The summed E-state index contributed by atoms with van der Waals surface area (Å²) in [7, 11) is 0. The molecule has 0 bridgehead atoms. The molecule has 7 nitrogen and oxygen atoms in total. The Bertz CT molecular complexity index is 1120. The highest BCUT2D eigenvalue weighted by Gasteiger charge is 2.31. The molecule has 30 heavy (non-hydrogen) atoms. The molecule has 2 aromatic heterocycles. The molecule has 0 aromatic carbocycles. The molecule has 0 spiro atoms. The highest BCUT2D eigenvalue weighted by atomic mass is 32.1. The second-order valence-corrected chi connectivity index (χ2v) is 10.5. The van der Waals surface area contributed by atoms with Crippen LogP contribution in [0.15, 0.2) is 14.6 Å². The minimum Gasteiger partial charge on any atom is -0.459 e. The van der Waals surface area contributed by atoms with Gasteiger partial charge in [0.2, 0.25) is 0 Å². The Morgan fingerprint density at radius 2 is 1.93 bits per heavy atom. The Hall–Kier alpha value is -2.22. The number of hydrogen-bond acceptors (Lipinski definition) is 6. The van der Waals surface area contributed by atoms with E-state index in [2.05, 4.69) is 4.99 Å². The van der Waals surface area contributed by atoms with Gasteiger partial charge in [0, 0.05) is 18.8 Å². The molecule has 0 saturated heterocycles. The van der Waals surface area contributed by atoms with Gasteiger partial charge < -0.3 is 4.74 Å². The van der Waals surface area contributed by atoms with Crippen molar-refractivity contribution in [3.63, 3.8) is 0 Å². The molecule has 0 amide bonds. The number of aryl methyl sites for hydroxylation is 1. The molecular formula is C22H29N3O4S. The third kappa shape index (κ3) is 4.15. The summed E-state index contributed by atoms with van der Waals surface area (Å²) in [6.07, 6.45) is 6.87. The standard InChI is InChI=1S/C22H29N3O4S/c1-13-16(10-23-11-17(26)29-22(2,3)4)30-20-18(13)19(27)25(15-8-9-15)21(28)24(20)12-14-6-5-7-14/h10,14-15H,5-9,11-12H2,1-4H3. The van der Waals surface area contributed by atoms with Crippen LogP contribution in [-0.4, -0.2) is 33.5 Å². The summed E-state index contributed by atoms with van der Waals surface area (Å²) >= 11 is 1.41. The van der Waals surface area contributed by atoms with Gasteiger partial charge >= 0.3 is 11.7 Å². The van der Waals surface area contributed by atoms with E-state index in [1.54, 1.807) is 6.21 Å². The second kappa shape index (κ2) is 7.80. The summed E-state index contributed by atoms with van der Waals surface area (Å²) in [6.45, 7) is 7.93. The van der Waals surface area contributed by atoms with Crippen LogP contribution in [-0.2, 0) is 16.1 Å². The lowest BCUT2D eigenvalue weighted by Crippen LogP contribution is -2.40. The molecular weight excluding hydrogens is 402 g/mol. The van der Waals surface area contributed by atoms with Gasteiger partial charge in [0.25, 0.3) is 5.56 Å². The molecule has 4 rings (SSSR count). The zero-order valence-corrected chi connectivity index (χ0v) is 18.9. The molecule has 0 unspecified atom stereocenters. The summed E-state index contributed by atoms with van der Waals surface area (Å²) < 4.78 is 8.55. The van der Waals surface area contributed by atoms with Gasteiger partial charge in [-0.25, -0.2) is 4.79 Å². The van der Waals surface area contributed by atoms with E-state index >= 15 is 0 Å². The van der Waals surface area contributed by atoms with Gasteiger partial charge in [0.05, 0.1) is 10.3 Å². The highest BCUT2D eigenvalue weighted by molar-refractivity contribution is 7.20. The lowest BCUT2D eigenvalue weighted by atomic mass is 9.85. The van der Waals surface area contributed by atoms with Gasteiger partial charge in [-0.1, -0.05) is 6.42 Å². The Labute approximate surface area is 179 Å². The number of hydrogen-bond donors (Lipinski definition) is 0. The van der Waals surface area contributed by atoms with Gasteiger partial charge in [-0.05, 0) is 64.9 Å². The van der Waals surface area contributed by atoms with Crippen LogP contribution in [0.5, 0.6) is 0 Å². The number of ether oxygens (including phenoxy) is 1. The lowest BCUT2D eigenvalue weighted by Gasteiger charge is -2.26. The van der Waals surface area contributed by atoms with Gasteiger partial charge in [-0.3, -0.25) is 23.7 Å². The van der Waals surface area contributed by atoms with Crippen molar-refractivity contribution in [2.75, 3.05) is 6.54 Å². The number of aliphatic imine (C=N–C) groups is 1. The average molecular weight is 432 g/mol. The van der Waals surface area contributed by atoms with Gasteiger partial charge in [0.15, 0.2) is 0 Å². The summed E-state index contributed by atoms with van der Waals surface area (Å²) in [5.74, 6) is 0.109. The molecule has 162 valence electrons. The Kier molecular flexibility index (Phi) is 5.46. The zero-order chi connectivity index (χ0) is 21.6. The average Bonchev–Trinajstić information content (AvgIpc) is 3.36. The van der Waals surface area contributed by atoms with Crippen LogP contribution in [0.25, 0.3) is 10.2 Å². The molecule has 0 N–H and O–H groups in total. The van der Waals surface area contributed by atoms with Crippen molar-refractivity contribution in [3.05, 3.63) is 31.3 Å². The second-order valence-electron chi connectivity index (χ2n) is 9.42. The zero-order valence-electron chi connectivity index (χ0n) is 18.1. The summed E-state index contributed by atoms with van der Waals surface area (Å²) in [4.78, 5) is 44.0. The maximum Gasteiger partial charge on any atom is 0.332 e. The highest BCUT2D eigenvalue weighted by Crippen LogP contribution is 2.35. The SMILES string of the molecule is Cc1c(C=NCC(=O)OC(C)(C)C)sc2c1c(=O)n(C1CC1)c(=O)n2CC1CCC1. The number of carbonyl (C=O) groups excluding carboxylic acids is 1. The first kappa shape index (κ1) is 21.0. The summed E-state index contributed by atoms with van der Waals surface area (Å²) in [5, 5.41) is 0.615. The first-order valence-corrected chi connectivity index (χ1v) is 11.5. The van der Waals surface area contributed by atoms with Crippen molar-refractivity contribution in [2.24, 2.45) is 10.9 Å². The smallest absolute Gasteiger partial charge is 0.332 e. The Balaban J connectivity index is 1.71. The minimum atomic E-state index is -0.550. The molecule has 2 fully saturated rings. The molecule has 8 heteroatoms. The van der Waals surface area contributed by atoms with Crippen molar-refractivity contribution in [3.8, 4) is 0 Å². The third-order valence-corrected chi connectivity index (χ3v) is 6.96. The first-order valence-electron chi connectivity index (χ1n) is 10.7. The maximum absolute atomic E-state index is 13.2. The number of rotatable bonds is 6. The van der Waals surface area contributed by atoms with Crippen molar-refractivity contribution in [2.45, 2.75) is 78.0 Å². The summed E-state index contributed by atoms with van der Waals surface area (Å²) in [5.41, 5.74) is -0.0981. The van der Waals surface area contributed by atoms with Crippen LogP contribution >= 0.6 is 11.3 Å². The monoisotopic (exact) mass is 431 g/mol. The molecule has 2 aliphatic rings. The van der Waals surface area contributed by atoms with E-state index in [9.17, 15) is 14.4 Å². The number of esters is 1. The number of fused-ring (bicyclic) bond motifs is 1. The lowest BCUT2D eigenvalue weighted by molar-refractivity contribution is -0.152. The van der Waals surface area contributed by atoms with Crippen LogP contribution in [0.1, 0.15) is 69.4 Å². The van der Waals surface area contributed by atoms with Crippen LogP contribution < -0.4 is 11.2 Å². The number of nitrogens with zero attached hydrogens (tertiary/aromatic N) is 3. The van der Waals surface area contributed by atoms with E-state index in [-0.39, 0.29) is 23.8 Å². The van der Waals surface area contributed by atoms with Crippen LogP contribution in [0, 0.1) is 12.8 Å². The van der Waals surface area contributed by atoms with Crippen LogP contribution in [0.3, 0.4) is 0 Å². The molecule has 0 aliphatic heterocycles. The number of aromatic nitrogens is 2. The number of carbonyl (C=O) groups is 1. The fourth-order valence-corrected chi connectivity index (χ4v) is 5.03. The van der Waals surface area contributed by atoms with E-state index in [1.165, 1.54) is 22.3 Å². The molecule has 2 aromatic rings. The van der Waals surface area contributed by atoms with Gasteiger partial charge in [-0.15, -0.1) is 11.3 Å². The Morgan fingerprint density at radius 1 is 1.23 bits per heavy atom. The third-order valence-electron chi connectivity index (χ3n) is 5.71. The van der Waals surface area contributed by atoms with E-state index in [0.29, 0.717) is 17.8 Å². The largest absolute Gasteiger partial charge is 0.459 e. The van der Waals surface area contributed by atoms with E-state index in [4.69, 9.17) is 4.74 Å². The van der Waals surface area contributed by atoms with Crippen molar-refractivity contribution in [1.29, 1.82) is 0 Å². The topological polar surface area (TPSA) is 82.7 Å². The first-order chi connectivity index (χ1) is 14.2. The fourth-order valence-electron chi connectivity index (χ4n) is 3.83. The molecule has 2 heterocycles. The van der Waals surface area contributed by atoms with Crippen molar-refractivity contribution < 1.29 is 9.53 Å². The van der Waals surface area contributed by atoms with E-state index < -0.39 is 11.6 Å². The molecule has 0 radical (unpaired) electrons. The predicted octanol–water partition coefficient (Wildman–Crippen LogP) is 3.43. The van der Waals surface area contributed by atoms with Crippen molar-refractivity contribution in [1.82, 2.24) is 9.13 Å². The summed E-state index contributed by atoms with van der Waals surface area (Å²) in [6, 6.07) is 0.0330. The van der Waals surface area contributed by atoms with Gasteiger partial charge in [0.1, 0.15) is 17.0 Å². The van der Waals surface area contributed by atoms with Crippen LogP contribution in [0.4, 0.5) is 0 Å². The normalized spacial score (nSPS) is 17.6. The molecule has 0 atom stereocenters. The van der Waals surface area contributed by atoms with Crippen molar-refractivity contribution >= 4 is 33.7 Å². The minimum absolute atomic E-state index is 0.0330. The quantitative estimate of drug-likeness (QED) is 0.518. The number of thiophene rings is 1. The van der Waals surface area contributed by atoms with E-state index in [1.807, 2.05) is 32.3 Å². The maximum atomic E-state index is 13.2. The van der Waals surface area contributed by atoms with E-state index in [0.717, 1.165) is 41.0 Å². The molecule has 2 saturated carbocycles. The van der Waals surface area contributed by atoms with Gasteiger partial charge in [-0.2, -0.15) is 0 Å². The Morgan fingerprint density at radius 3 is 2.50 bits per heavy atom. The van der Waals surface area contributed by atoms with Crippen LogP contribution in [0.2, 0.25) is 0 Å². The molecule has 2 aliphatic carbocycles. The predicted molar refractivity (Wildman–Crippen MR) is 119 cm³/mol.